The van der Waals surface area contributed by atoms with E-state index in [0.29, 0.717) is 19.7 Å². The lowest BCUT2D eigenvalue weighted by molar-refractivity contribution is -0.136. The molecule has 1 aliphatic rings. The van der Waals surface area contributed by atoms with Gasteiger partial charge in [0.05, 0.1) is 19.8 Å². The van der Waals surface area contributed by atoms with Crippen molar-refractivity contribution in [2.75, 3.05) is 26.8 Å². The topological polar surface area (TPSA) is 38.8 Å². The molecular formula is C14H19NO3. The summed E-state index contributed by atoms with van der Waals surface area (Å²) in [7, 11) is 1.66. The van der Waals surface area contributed by atoms with E-state index in [1.807, 2.05) is 23.1 Å². The average molecular weight is 249 g/mol. The van der Waals surface area contributed by atoms with Gasteiger partial charge in [0.2, 0.25) is 5.91 Å². The second-order valence-electron chi connectivity index (χ2n) is 4.51. The molecule has 1 atom stereocenters. The molecule has 4 heteroatoms. The first-order valence-corrected chi connectivity index (χ1v) is 6.19. The molecule has 4 nitrogen and oxygen atoms in total. The smallest absolute Gasteiger partial charge is 0.219 e. The summed E-state index contributed by atoms with van der Waals surface area (Å²) in [5, 5.41) is 0. The Morgan fingerprint density at radius 1 is 1.56 bits per heavy atom. The third-order valence-corrected chi connectivity index (χ3v) is 3.18. The van der Waals surface area contributed by atoms with E-state index in [-0.39, 0.29) is 12.0 Å². The van der Waals surface area contributed by atoms with E-state index in [1.54, 1.807) is 14.0 Å². The summed E-state index contributed by atoms with van der Waals surface area (Å²) in [4.78, 5) is 13.2. The van der Waals surface area contributed by atoms with Crippen molar-refractivity contribution in [3.63, 3.8) is 0 Å². The molecule has 98 valence electrons. The molecule has 1 saturated heterocycles. The van der Waals surface area contributed by atoms with Gasteiger partial charge < -0.3 is 14.4 Å². The average Bonchev–Trinajstić information content (AvgIpc) is 2.39. The molecule has 0 saturated carbocycles. The predicted octanol–water partition coefficient (Wildman–Crippen LogP) is 1.49. The highest BCUT2D eigenvalue weighted by Gasteiger charge is 2.22. The van der Waals surface area contributed by atoms with Gasteiger partial charge in [0, 0.05) is 26.4 Å². The predicted molar refractivity (Wildman–Crippen MR) is 68.7 cm³/mol. The van der Waals surface area contributed by atoms with Crippen LogP contribution in [-0.2, 0) is 16.0 Å². The first kappa shape index (κ1) is 12.9. The summed E-state index contributed by atoms with van der Waals surface area (Å²) in [5.41, 5.74) is 1.17. The lowest BCUT2D eigenvalue weighted by Gasteiger charge is -2.32. The van der Waals surface area contributed by atoms with Crippen LogP contribution in [0.2, 0.25) is 0 Å². The first-order chi connectivity index (χ1) is 8.69. The van der Waals surface area contributed by atoms with Gasteiger partial charge in [0.1, 0.15) is 5.75 Å². The van der Waals surface area contributed by atoms with Crippen molar-refractivity contribution in [1.82, 2.24) is 4.90 Å². The standard InChI is InChI=1S/C14H19NO3/c1-11(16)15-6-7-18-14(10-15)9-12-4-3-5-13(8-12)17-2/h3-5,8,14H,6-7,9-10H2,1-2H3. The van der Waals surface area contributed by atoms with Gasteiger partial charge in [0.25, 0.3) is 0 Å². The van der Waals surface area contributed by atoms with Gasteiger partial charge in [-0.05, 0) is 17.7 Å². The maximum Gasteiger partial charge on any atom is 0.219 e. The number of hydrogen-bond donors (Lipinski definition) is 0. The van der Waals surface area contributed by atoms with Gasteiger partial charge in [-0.3, -0.25) is 4.79 Å². The number of rotatable bonds is 3. The number of amides is 1. The summed E-state index contributed by atoms with van der Waals surface area (Å²) < 4.78 is 10.9. The number of hydrogen-bond acceptors (Lipinski definition) is 3. The Morgan fingerprint density at radius 3 is 3.11 bits per heavy atom. The van der Waals surface area contributed by atoms with E-state index in [0.717, 1.165) is 12.2 Å². The van der Waals surface area contributed by atoms with Gasteiger partial charge in [0.15, 0.2) is 0 Å². The number of ether oxygens (including phenoxy) is 2. The van der Waals surface area contributed by atoms with E-state index >= 15 is 0 Å². The molecule has 1 aromatic carbocycles. The molecule has 2 rings (SSSR count). The lowest BCUT2D eigenvalue weighted by atomic mass is 10.1. The maximum atomic E-state index is 11.3. The zero-order valence-corrected chi connectivity index (χ0v) is 10.9. The summed E-state index contributed by atoms with van der Waals surface area (Å²) in [5.74, 6) is 0.973. The van der Waals surface area contributed by atoms with Crippen LogP contribution in [0.3, 0.4) is 0 Å². The van der Waals surface area contributed by atoms with E-state index in [2.05, 4.69) is 6.07 Å². The zero-order valence-electron chi connectivity index (χ0n) is 10.9. The molecule has 1 aliphatic heterocycles. The number of nitrogens with zero attached hydrogens (tertiary/aromatic N) is 1. The molecule has 0 aliphatic carbocycles. The molecule has 1 fully saturated rings. The minimum absolute atomic E-state index is 0.0785. The molecule has 1 heterocycles. The highest BCUT2D eigenvalue weighted by molar-refractivity contribution is 5.73. The molecule has 0 radical (unpaired) electrons. The Bertz CT molecular complexity index is 419. The Kier molecular flexibility index (Phi) is 4.20. The van der Waals surface area contributed by atoms with Gasteiger partial charge in [-0.25, -0.2) is 0 Å². The molecule has 0 spiro atoms. The summed E-state index contributed by atoms with van der Waals surface area (Å²) in [6.07, 6.45) is 0.885. The van der Waals surface area contributed by atoms with Crippen LogP contribution in [0.1, 0.15) is 12.5 Å². The van der Waals surface area contributed by atoms with Crippen molar-refractivity contribution in [2.45, 2.75) is 19.4 Å². The highest BCUT2D eigenvalue weighted by atomic mass is 16.5. The Balaban J connectivity index is 1.97. The van der Waals surface area contributed by atoms with Crippen LogP contribution in [0.5, 0.6) is 5.75 Å². The molecule has 0 N–H and O–H groups in total. The second-order valence-corrected chi connectivity index (χ2v) is 4.51. The summed E-state index contributed by atoms with van der Waals surface area (Å²) in [6, 6.07) is 7.96. The minimum Gasteiger partial charge on any atom is -0.497 e. The Labute approximate surface area is 107 Å². The zero-order chi connectivity index (χ0) is 13.0. The number of carbonyl (C=O) groups excluding carboxylic acids is 1. The molecule has 0 bridgehead atoms. The number of carbonyl (C=O) groups is 1. The minimum atomic E-state index is 0.0785. The SMILES string of the molecule is COc1cccc(CC2CN(C(C)=O)CCO2)c1. The third-order valence-electron chi connectivity index (χ3n) is 3.18. The van der Waals surface area contributed by atoms with Crippen LogP contribution in [0, 0.1) is 0 Å². The molecular weight excluding hydrogens is 230 g/mol. The van der Waals surface area contributed by atoms with Crippen LogP contribution in [0.4, 0.5) is 0 Å². The molecule has 1 aromatic rings. The molecule has 1 amide bonds. The number of morpholine rings is 1. The van der Waals surface area contributed by atoms with Gasteiger partial charge in [-0.2, -0.15) is 0 Å². The van der Waals surface area contributed by atoms with Crippen LogP contribution >= 0.6 is 0 Å². The second kappa shape index (κ2) is 5.87. The van der Waals surface area contributed by atoms with Gasteiger partial charge >= 0.3 is 0 Å². The van der Waals surface area contributed by atoms with Crippen molar-refractivity contribution >= 4 is 5.91 Å². The maximum absolute atomic E-state index is 11.3. The molecule has 1 unspecified atom stereocenters. The summed E-state index contributed by atoms with van der Waals surface area (Å²) in [6.45, 7) is 3.60. The van der Waals surface area contributed by atoms with Gasteiger partial charge in [-0.1, -0.05) is 12.1 Å². The van der Waals surface area contributed by atoms with Crippen molar-refractivity contribution < 1.29 is 14.3 Å². The van der Waals surface area contributed by atoms with E-state index in [1.165, 1.54) is 5.56 Å². The van der Waals surface area contributed by atoms with Crippen molar-refractivity contribution in [1.29, 1.82) is 0 Å². The largest absolute Gasteiger partial charge is 0.497 e. The quantitative estimate of drug-likeness (QED) is 0.814. The van der Waals surface area contributed by atoms with Crippen LogP contribution in [-0.4, -0.2) is 43.7 Å². The van der Waals surface area contributed by atoms with Crippen molar-refractivity contribution in [3.05, 3.63) is 29.8 Å². The lowest BCUT2D eigenvalue weighted by Crippen LogP contribution is -2.45. The number of benzene rings is 1. The highest BCUT2D eigenvalue weighted by Crippen LogP contribution is 2.16. The van der Waals surface area contributed by atoms with Crippen LogP contribution in [0.25, 0.3) is 0 Å². The van der Waals surface area contributed by atoms with Crippen LogP contribution in [0.15, 0.2) is 24.3 Å². The monoisotopic (exact) mass is 249 g/mol. The third kappa shape index (κ3) is 3.23. The fourth-order valence-corrected chi connectivity index (χ4v) is 2.19. The fraction of sp³-hybridized carbons (Fsp3) is 0.500. The van der Waals surface area contributed by atoms with Crippen molar-refractivity contribution in [2.24, 2.45) is 0 Å². The number of methoxy groups -OCH3 is 1. The van der Waals surface area contributed by atoms with E-state index in [4.69, 9.17) is 9.47 Å². The Hall–Kier alpha value is -1.55. The van der Waals surface area contributed by atoms with Crippen molar-refractivity contribution in [3.8, 4) is 5.75 Å². The fourth-order valence-electron chi connectivity index (χ4n) is 2.19. The van der Waals surface area contributed by atoms with E-state index in [9.17, 15) is 4.79 Å². The van der Waals surface area contributed by atoms with E-state index < -0.39 is 0 Å². The summed E-state index contributed by atoms with van der Waals surface area (Å²) >= 11 is 0. The normalized spacial score (nSPS) is 19.7. The van der Waals surface area contributed by atoms with Crippen LogP contribution < -0.4 is 4.74 Å². The Morgan fingerprint density at radius 2 is 2.39 bits per heavy atom. The first-order valence-electron chi connectivity index (χ1n) is 6.19. The molecule has 18 heavy (non-hydrogen) atoms. The van der Waals surface area contributed by atoms with Gasteiger partial charge in [-0.15, -0.1) is 0 Å². The molecule has 0 aromatic heterocycles.